The van der Waals surface area contributed by atoms with E-state index in [-0.39, 0.29) is 17.8 Å². The molecule has 3 rings (SSSR count). The van der Waals surface area contributed by atoms with Crippen molar-refractivity contribution in [1.82, 2.24) is 9.78 Å². The van der Waals surface area contributed by atoms with Gasteiger partial charge in [-0.1, -0.05) is 12.1 Å². The monoisotopic (exact) mass is 375 g/mol. The second kappa shape index (κ2) is 7.02. The van der Waals surface area contributed by atoms with E-state index in [1.165, 1.54) is 48.5 Å². The molecule has 0 aliphatic heterocycles. The van der Waals surface area contributed by atoms with Crippen LogP contribution in [0.2, 0.25) is 0 Å². The normalized spacial score (nSPS) is 11.4. The number of rotatable bonds is 4. The zero-order valence-corrected chi connectivity index (χ0v) is 13.7. The van der Waals surface area contributed by atoms with Gasteiger partial charge >= 0.3 is 6.18 Å². The summed E-state index contributed by atoms with van der Waals surface area (Å²) in [5.74, 6) is 0. The maximum absolute atomic E-state index is 12.8. The van der Waals surface area contributed by atoms with Gasteiger partial charge in [-0.15, -0.1) is 0 Å². The Bertz CT molecular complexity index is 1040. The van der Waals surface area contributed by atoms with Crippen LogP contribution < -0.4 is 5.56 Å². The smallest absolute Gasteiger partial charge is 0.268 e. The molecule has 0 saturated heterocycles. The Hall–Kier alpha value is -3.49. The second-order valence-electron chi connectivity index (χ2n) is 5.72. The van der Waals surface area contributed by atoms with Gasteiger partial charge in [-0.2, -0.15) is 18.3 Å². The Kier molecular flexibility index (Phi) is 4.76. The summed E-state index contributed by atoms with van der Waals surface area (Å²) in [6.07, 6.45) is -4.48. The first kappa shape index (κ1) is 18.3. The van der Waals surface area contributed by atoms with E-state index >= 15 is 0 Å². The van der Waals surface area contributed by atoms with Gasteiger partial charge in [0.1, 0.15) is 0 Å². The van der Waals surface area contributed by atoms with Crippen LogP contribution in [-0.4, -0.2) is 14.7 Å². The molecule has 27 heavy (non-hydrogen) atoms. The standard InChI is InChI=1S/C18H12F3N3O3/c19-18(20,21)14-3-1-2-12(10-14)11-23-17(25)9-8-16(22-23)13-4-6-15(7-5-13)24(26)27/h1-10H,11H2. The summed E-state index contributed by atoms with van der Waals surface area (Å²) in [4.78, 5) is 22.2. The number of benzene rings is 2. The Morgan fingerprint density at radius 1 is 1.04 bits per heavy atom. The van der Waals surface area contributed by atoms with Crippen molar-refractivity contribution in [3.63, 3.8) is 0 Å². The fraction of sp³-hybridized carbons (Fsp3) is 0.111. The number of alkyl halides is 3. The third-order valence-corrected chi connectivity index (χ3v) is 3.83. The van der Waals surface area contributed by atoms with Crippen molar-refractivity contribution in [2.75, 3.05) is 0 Å². The molecule has 0 aliphatic rings. The lowest BCUT2D eigenvalue weighted by atomic mass is 10.1. The first-order valence-electron chi connectivity index (χ1n) is 7.73. The minimum atomic E-state index is -4.48. The Labute approximate surface area is 150 Å². The highest BCUT2D eigenvalue weighted by Crippen LogP contribution is 2.29. The molecule has 1 aromatic heterocycles. The molecule has 2 aromatic carbocycles. The van der Waals surface area contributed by atoms with Gasteiger partial charge in [0.2, 0.25) is 0 Å². The lowest BCUT2D eigenvalue weighted by Crippen LogP contribution is -2.23. The second-order valence-corrected chi connectivity index (χ2v) is 5.72. The molecule has 0 N–H and O–H groups in total. The molecule has 0 fully saturated rings. The van der Waals surface area contributed by atoms with E-state index in [1.807, 2.05) is 0 Å². The summed E-state index contributed by atoms with van der Waals surface area (Å²) in [6, 6.07) is 12.9. The highest BCUT2D eigenvalue weighted by atomic mass is 19.4. The van der Waals surface area contributed by atoms with Crippen LogP contribution in [0.1, 0.15) is 11.1 Å². The molecule has 0 unspecified atom stereocenters. The maximum Gasteiger partial charge on any atom is 0.416 e. The molecule has 0 bridgehead atoms. The van der Waals surface area contributed by atoms with E-state index in [9.17, 15) is 28.1 Å². The predicted molar refractivity (Wildman–Crippen MR) is 91.1 cm³/mol. The number of hydrogen-bond donors (Lipinski definition) is 0. The fourth-order valence-electron chi connectivity index (χ4n) is 2.49. The Morgan fingerprint density at radius 2 is 1.74 bits per heavy atom. The van der Waals surface area contributed by atoms with Gasteiger partial charge < -0.3 is 0 Å². The third-order valence-electron chi connectivity index (χ3n) is 3.83. The van der Waals surface area contributed by atoms with E-state index in [1.54, 1.807) is 0 Å². The summed E-state index contributed by atoms with van der Waals surface area (Å²) in [6.45, 7) is -0.135. The van der Waals surface area contributed by atoms with E-state index in [2.05, 4.69) is 5.10 Å². The van der Waals surface area contributed by atoms with Crippen molar-refractivity contribution in [2.45, 2.75) is 12.7 Å². The predicted octanol–water partition coefficient (Wildman–Crippen LogP) is 3.89. The lowest BCUT2D eigenvalue weighted by Gasteiger charge is -2.10. The van der Waals surface area contributed by atoms with Crippen molar-refractivity contribution in [3.05, 3.63) is 92.3 Å². The van der Waals surface area contributed by atoms with E-state index in [0.717, 1.165) is 16.8 Å². The molecule has 0 amide bonds. The van der Waals surface area contributed by atoms with E-state index in [4.69, 9.17) is 0 Å². The van der Waals surface area contributed by atoms with Crippen LogP contribution >= 0.6 is 0 Å². The van der Waals surface area contributed by atoms with Gasteiger partial charge in [0.25, 0.3) is 11.2 Å². The molecule has 0 atom stereocenters. The Balaban J connectivity index is 1.92. The highest BCUT2D eigenvalue weighted by molar-refractivity contribution is 5.60. The molecular formula is C18H12F3N3O3. The van der Waals surface area contributed by atoms with E-state index < -0.39 is 22.2 Å². The molecule has 0 spiro atoms. The molecule has 0 radical (unpaired) electrons. The molecule has 9 heteroatoms. The number of aromatic nitrogens is 2. The van der Waals surface area contributed by atoms with Gasteiger partial charge in [-0.25, -0.2) is 4.68 Å². The Morgan fingerprint density at radius 3 is 2.37 bits per heavy atom. The maximum atomic E-state index is 12.8. The SMILES string of the molecule is O=c1ccc(-c2ccc([N+](=O)[O-])cc2)nn1Cc1cccc(C(F)(F)F)c1. The molecule has 6 nitrogen and oxygen atoms in total. The number of halogens is 3. The van der Waals surface area contributed by atoms with Crippen molar-refractivity contribution in [3.8, 4) is 11.3 Å². The lowest BCUT2D eigenvalue weighted by molar-refractivity contribution is -0.384. The molecule has 0 saturated carbocycles. The van der Waals surface area contributed by atoms with Crippen LogP contribution in [0.15, 0.2) is 65.5 Å². The van der Waals surface area contributed by atoms with Crippen LogP contribution in [0.3, 0.4) is 0 Å². The average molecular weight is 375 g/mol. The zero-order valence-electron chi connectivity index (χ0n) is 13.7. The number of non-ortho nitro benzene ring substituents is 1. The highest BCUT2D eigenvalue weighted by Gasteiger charge is 2.30. The summed E-state index contributed by atoms with van der Waals surface area (Å²) < 4.78 is 39.5. The van der Waals surface area contributed by atoms with E-state index in [0.29, 0.717) is 11.3 Å². The minimum Gasteiger partial charge on any atom is -0.268 e. The van der Waals surface area contributed by atoms with Crippen LogP contribution in [0.5, 0.6) is 0 Å². The number of nitro groups is 1. The molecule has 1 heterocycles. The molecular weight excluding hydrogens is 363 g/mol. The average Bonchev–Trinajstić information content (AvgIpc) is 2.63. The fourth-order valence-corrected chi connectivity index (χ4v) is 2.49. The summed E-state index contributed by atoms with van der Waals surface area (Å²) >= 11 is 0. The van der Waals surface area contributed by atoms with Gasteiger partial charge in [0.05, 0.1) is 22.7 Å². The van der Waals surface area contributed by atoms with Crippen molar-refractivity contribution >= 4 is 5.69 Å². The van der Waals surface area contributed by atoms with Gasteiger partial charge in [-0.05, 0) is 35.9 Å². The number of hydrogen-bond acceptors (Lipinski definition) is 4. The minimum absolute atomic E-state index is 0.0870. The number of nitrogens with zero attached hydrogens (tertiary/aromatic N) is 3. The summed E-state index contributed by atoms with van der Waals surface area (Å²) in [5.41, 5.74) is -0.177. The first-order chi connectivity index (χ1) is 12.7. The first-order valence-corrected chi connectivity index (χ1v) is 7.73. The summed E-state index contributed by atoms with van der Waals surface area (Å²) in [7, 11) is 0. The van der Waals surface area contributed by atoms with Gasteiger partial charge in [0.15, 0.2) is 0 Å². The van der Waals surface area contributed by atoms with Crippen LogP contribution in [0, 0.1) is 10.1 Å². The van der Waals surface area contributed by atoms with Crippen molar-refractivity contribution in [2.24, 2.45) is 0 Å². The van der Waals surface area contributed by atoms with Gasteiger partial charge in [-0.3, -0.25) is 14.9 Å². The van der Waals surface area contributed by atoms with Crippen LogP contribution in [0.25, 0.3) is 11.3 Å². The summed E-state index contributed by atoms with van der Waals surface area (Å²) in [5, 5.41) is 14.9. The van der Waals surface area contributed by atoms with Gasteiger partial charge in [0, 0.05) is 23.8 Å². The zero-order chi connectivity index (χ0) is 19.6. The molecule has 0 aliphatic carbocycles. The van der Waals surface area contributed by atoms with Crippen molar-refractivity contribution < 1.29 is 18.1 Å². The third kappa shape index (κ3) is 4.20. The quantitative estimate of drug-likeness (QED) is 0.512. The van der Waals surface area contributed by atoms with Crippen LogP contribution in [-0.2, 0) is 12.7 Å². The number of nitro benzene ring substituents is 1. The van der Waals surface area contributed by atoms with Crippen molar-refractivity contribution in [1.29, 1.82) is 0 Å². The topological polar surface area (TPSA) is 78.0 Å². The van der Waals surface area contributed by atoms with Crippen LogP contribution in [0.4, 0.5) is 18.9 Å². The molecule has 3 aromatic rings. The molecule has 138 valence electrons. The largest absolute Gasteiger partial charge is 0.416 e.